The largest absolute Gasteiger partial charge is 0.389 e. The first kappa shape index (κ1) is 12.9. The van der Waals surface area contributed by atoms with Crippen LogP contribution in [-0.2, 0) is 0 Å². The van der Waals surface area contributed by atoms with Crippen LogP contribution in [0.2, 0.25) is 5.02 Å². The van der Waals surface area contributed by atoms with Crippen LogP contribution < -0.4 is 4.90 Å². The maximum Gasteiger partial charge on any atom is 0.0792 e. The van der Waals surface area contributed by atoms with E-state index in [1.807, 2.05) is 24.0 Å². The Labute approximate surface area is 102 Å². The van der Waals surface area contributed by atoms with Gasteiger partial charge in [0.05, 0.1) is 23.4 Å². The van der Waals surface area contributed by atoms with E-state index in [1.54, 1.807) is 13.0 Å². The second kappa shape index (κ2) is 5.79. The van der Waals surface area contributed by atoms with Crippen LogP contribution in [0.3, 0.4) is 0 Å². The van der Waals surface area contributed by atoms with Gasteiger partial charge in [0.25, 0.3) is 0 Å². The molecular formula is C13H16ClNO. The van der Waals surface area contributed by atoms with Crippen LogP contribution in [-0.4, -0.2) is 18.2 Å². The molecule has 1 aromatic rings. The first-order valence-corrected chi connectivity index (χ1v) is 5.63. The SMILES string of the molecule is C#CCN(CC)c1ccc([C@@H](C)O)cc1Cl. The van der Waals surface area contributed by atoms with Crippen molar-refractivity contribution >= 4 is 17.3 Å². The molecular weight excluding hydrogens is 222 g/mol. The van der Waals surface area contributed by atoms with Crippen LogP contribution in [0, 0.1) is 12.3 Å². The third kappa shape index (κ3) is 2.91. The molecule has 0 spiro atoms. The molecule has 0 saturated heterocycles. The van der Waals surface area contributed by atoms with E-state index in [4.69, 9.17) is 18.0 Å². The number of aliphatic hydroxyl groups excluding tert-OH is 1. The van der Waals surface area contributed by atoms with E-state index in [9.17, 15) is 5.11 Å². The fourth-order valence-electron chi connectivity index (χ4n) is 1.52. The summed E-state index contributed by atoms with van der Waals surface area (Å²) in [6.07, 6.45) is 4.79. The molecule has 3 heteroatoms. The van der Waals surface area contributed by atoms with E-state index in [1.165, 1.54) is 0 Å². The van der Waals surface area contributed by atoms with Gasteiger partial charge in [-0.15, -0.1) is 6.42 Å². The number of halogens is 1. The van der Waals surface area contributed by atoms with Gasteiger partial charge in [-0.05, 0) is 31.5 Å². The Morgan fingerprint density at radius 3 is 2.69 bits per heavy atom. The topological polar surface area (TPSA) is 23.5 Å². The van der Waals surface area contributed by atoms with E-state index >= 15 is 0 Å². The van der Waals surface area contributed by atoms with Crippen molar-refractivity contribution in [2.75, 3.05) is 18.0 Å². The lowest BCUT2D eigenvalue weighted by Gasteiger charge is -2.22. The lowest BCUT2D eigenvalue weighted by atomic mass is 10.1. The second-order valence-corrected chi connectivity index (χ2v) is 4.01. The van der Waals surface area contributed by atoms with Crippen molar-refractivity contribution in [2.24, 2.45) is 0 Å². The fourth-order valence-corrected chi connectivity index (χ4v) is 1.83. The Balaban J connectivity index is 3.02. The molecule has 86 valence electrons. The summed E-state index contributed by atoms with van der Waals surface area (Å²) >= 11 is 6.16. The Bertz CT molecular complexity index is 395. The molecule has 1 rings (SSSR count). The van der Waals surface area contributed by atoms with Gasteiger partial charge < -0.3 is 10.0 Å². The monoisotopic (exact) mass is 237 g/mol. The smallest absolute Gasteiger partial charge is 0.0792 e. The van der Waals surface area contributed by atoms with Crippen molar-refractivity contribution in [3.8, 4) is 12.3 Å². The quantitative estimate of drug-likeness (QED) is 0.814. The molecule has 0 aromatic heterocycles. The van der Waals surface area contributed by atoms with Gasteiger partial charge in [-0.1, -0.05) is 23.6 Å². The number of nitrogens with zero attached hydrogens (tertiary/aromatic N) is 1. The molecule has 1 atom stereocenters. The molecule has 0 fully saturated rings. The molecule has 1 aromatic carbocycles. The third-order valence-electron chi connectivity index (χ3n) is 2.46. The number of aliphatic hydroxyl groups is 1. The van der Waals surface area contributed by atoms with Crippen molar-refractivity contribution < 1.29 is 5.11 Å². The molecule has 0 aliphatic carbocycles. The predicted octanol–water partition coefficient (Wildman–Crippen LogP) is 2.85. The molecule has 0 aliphatic rings. The van der Waals surface area contributed by atoms with Gasteiger partial charge in [0.15, 0.2) is 0 Å². The van der Waals surface area contributed by atoms with E-state index in [0.29, 0.717) is 11.6 Å². The summed E-state index contributed by atoms with van der Waals surface area (Å²) in [6.45, 7) is 5.07. The minimum absolute atomic E-state index is 0.505. The van der Waals surface area contributed by atoms with Crippen molar-refractivity contribution in [1.29, 1.82) is 0 Å². The number of anilines is 1. The van der Waals surface area contributed by atoms with E-state index in [2.05, 4.69) is 5.92 Å². The summed E-state index contributed by atoms with van der Waals surface area (Å²) in [5.74, 6) is 2.60. The van der Waals surface area contributed by atoms with Gasteiger partial charge in [-0.25, -0.2) is 0 Å². The van der Waals surface area contributed by atoms with Crippen LogP contribution in [0.1, 0.15) is 25.5 Å². The molecule has 0 bridgehead atoms. The normalized spacial score (nSPS) is 11.9. The zero-order valence-electron chi connectivity index (χ0n) is 9.57. The van der Waals surface area contributed by atoms with Crippen LogP contribution in [0.25, 0.3) is 0 Å². The number of terminal acetylenes is 1. The van der Waals surface area contributed by atoms with Gasteiger partial charge in [-0.2, -0.15) is 0 Å². The molecule has 16 heavy (non-hydrogen) atoms. The van der Waals surface area contributed by atoms with E-state index in [0.717, 1.165) is 17.8 Å². The Morgan fingerprint density at radius 1 is 1.56 bits per heavy atom. The lowest BCUT2D eigenvalue weighted by molar-refractivity contribution is 0.199. The predicted molar refractivity (Wildman–Crippen MR) is 68.8 cm³/mol. The molecule has 0 unspecified atom stereocenters. The molecule has 2 nitrogen and oxygen atoms in total. The van der Waals surface area contributed by atoms with Crippen molar-refractivity contribution in [3.63, 3.8) is 0 Å². The molecule has 0 amide bonds. The summed E-state index contributed by atoms with van der Waals surface area (Å²) in [7, 11) is 0. The third-order valence-corrected chi connectivity index (χ3v) is 2.76. The average Bonchev–Trinajstić information content (AvgIpc) is 2.26. The number of hydrogen-bond donors (Lipinski definition) is 1. The summed E-state index contributed by atoms with van der Waals surface area (Å²) in [4.78, 5) is 2.01. The average molecular weight is 238 g/mol. The van der Waals surface area contributed by atoms with Gasteiger partial charge in [0, 0.05) is 6.54 Å². The summed E-state index contributed by atoms with van der Waals surface area (Å²) in [5.41, 5.74) is 1.72. The van der Waals surface area contributed by atoms with Crippen LogP contribution >= 0.6 is 11.6 Å². The second-order valence-electron chi connectivity index (χ2n) is 3.61. The summed E-state index contributed by atoms with van der Waals surface area (Å²) in [6, 6.07) is 5.54. The van der Waals surface area contributed by atoms with Gasteiger partial charge >= 0.3 is 0 Å². The Hall–Kier alpha value is -1.17. The highest BCUT2D eigenvalue weighted by atomic mass is 35.5. The number of hydrogen-bond acceptors (Lipinski definition) is 2. The van der Waals surface area contributed by atoms with Crippen LogP contribution in [0.5, 0.6) is 0 Å². The van der Waals surface area contributed by atoms with Crippen molar-refractivity contribution in [2.45, 2.75) is 20.0 Å². The number of rotatable bonds is 4. The maximum absolute atomic E-state index is 9.43. The zero-order valence-corrected chi connectivity index (χ0v) is 10.3. The maximum atomic E-state index is 9.43. The fraction of sp³-hybridized carbons (Fsp3) is 0.385. The highest BCUT2D eigenvalue weighted by Gasteiger charge is 2.09. The lowest BCUT2D eigenvalue weighted by Crippen LogP contribution is -2.23. The Morgan fingerprint density at radius 2 is 2.25 bits per heavy atom. The van der Waals surface area contributed by atoms with Gasteiger partial charge in [-0.3, -0.25) is 0 Å². The van der Waals surface area contributed by atoms with Crippen LogP contribution in [0.4, 0.5) is 5.69 Å². The van der Waals surface area contributed by atoms with Crippen molar-refractivity contribution in [1.82, 2.24) is 0 Å². The standard InChI is InChI=1S/C13H16ClNO/c1-4-8-15(5-2)13-7-6-11(10(3)16)9-12(13)14/h1,6-7,9-10,16H,5,8H2,2-3H3/t10-/m1/s1. The molecule has 0 aliphatic heterocycles. The summed E-state index contributed by atoms with van der Waals surface area (Å²) in [5, 5.41) is 10.1. The summed E-state index contributed by atoms with van der Waals surface area (Å²) < 4.78 is 0. The minimum Gasteiger partial charge on any atom is -0.389 e. The number of benzene rings is 1. The van der Waals surface area contributed by atoms with Crippen LogP contribution in [0.15, 0.2) is 18.2 Å². The van der Waals surface area contributed by atoms with Gasteiger partial charge in [0.1, 0.15) is 0 Å². The molecule has 0 saturated carbocycles. The highest BCUT2D eigenvalue weighted by molar-refractivity contribution is 6.33. The zero-order chi connectivity index (χ0) is 12.1. The molecule has 0 heterocycles. The Kier molecular flexibility index (Phi) is 4.67. The van der Waals surface area contributed by atoms with Crippen molar-refractivity contribution in [3.05, 3.63) is 28.8 Å². The minimum atomic E-state index is -0.505. The first-order chi connectivity index (χ1) is 7.60. The molecule has 1 N–H and O–H groups in total. The van der Waals surface area contributed by atoms with Gasteiger partial charge in [0.2, 0.25) is 0 Å². The first-order valence-electron chi connectivity index (χ1n) is 5.26. The highest BCUT2D eigenvalue weighted by Crippen LogP contribution is 2.28. The van der Waals surface area contributed by atoms with E-state index in [-0.39, 0.29) is 0 Å². The molecule has 0 radical (unpaired) electrons. The van der Waals surface area contributed by atoms with E-state index < -0.39 is 6.10 Å².